The van der Waals surface area contributed by atoms with Gasteiger partial charge in [-0.25, -0.2) is 8.42 Å². The first-order valence-electron chi connectivity index (χ1n) is 7.24. The third-order valence-electron chi connectivity index (χ3n) is 3.41. The molecule has 1 fully saturated rings. The highest BCUT2D eigenvalue weighted by Gasteiger charge is 2.36. The minimum absolute atomic E-state index is 0.0496. The third-order valence-corrected chi connectivity index (χ3v) is 6.57. The third kappa shape index (κ3) is 4.00. The van der Waals surface area contributed by atoms with E-state index in [9.17, 15) is 8.42 Å². The summed E-state index contributed by atoms with van der Waals surface area (Å²) in [6, 6.07) is 0. The topological polar surface area (TPSA) is 78.1 Å². The van der Waals surface area contributed by atoms with Crippen molar-refractivity contribution in [2.45, 2.75) is 43.5 Å². The van der Waals surface area contributed by atoms with Gasteiger partial charge in [-0.15, -0.1) is 0 Å². The van der Waals surface area contributed by atoms with Crippen LogP contribution in [0.2, 0.25) is 0 Å². The molecular formula is C13H24N4O2S2. The standard InChI is InChI=1S/C13H24N4O2S2/c1-4-5-14-8-11-9-15-16-12(11)21(18,19)17-6-7-20-13(2,3)10-17/h9,14H,4-8,10H2,1-3H3,(H,15,16). The number of aromatic nitrogens is 2. The summed E-state index contributed by atoms with van der Waals surface area (Å²) >= 11 is 1.81. The quantitative estimate of drug-likeness (QED) is 0.771. The maximum atomic E-state index is 12.8. The molecule has 1 aromatic rings. The molecule has 0 amide bonds. The van der Waals surface area contributed by atoms with Gasteiger partial charge in [-0.05, 0) is 26.8 Å². The second-order valence-electron chi connectivity index (χ2n) is 5.85. The Morgan fingerprint density at radius 3 is 2.95 bits per heavy atom. The van der Waals surface area contributed by atoms with Crippen molar-refractivity contribution in [1.29, 1.82) is 0 Å². The van der Waals surface area contributed by atoms with E-state index in [1.54, 1.807) is 10.5 Å². The van der Waals surface area contributed by atoms with Gasteiger partial charge in [0.25, 0.3) is 10.0 Å². The molecule has 0 bridgehead atoms. The lowest BCUT2D eigenvalue weighted by Gasteiger charge is -2.36. The first-order chi connectivity index (χ1) is 9.87. The highest BCUT2D eigenvalue weighted by molar-refractivity contribution is 8.00. The summed E-state index contributed by atoms with van der Waals surface area (Å²) < 4.78 is 27.1. The van der Waals surface area contributed by atoms with E-state index in [0.717, 1.165) is 18.7 Å². The highest BCUT2D eigenvalue weighted by atomic mass is 32.2. The van der Waals surface area contributed by atoms with Gasteiger partial charge in [0.05, 0.1) is 6.20 Å². The highest BCUT2D eigenvalue weighted by Crippen LogP contribution is 2.32. The Labute approximate surface area is 131 Å². The number of H-pyrrole nitrogens is 1. The van der Waals surface area contributed by atoms with Crippen LogP contribution < -0.4 is 5.32 Å². The Hall–Kier alpha value is -0.570. The summed E-state index contributed by atoms with van der Waals surface area (Å²) in [5.74, 6) is 0.823. The molecule has 21 heavy (non-hydrogen) atoms. The molecule has 6 nitrogen and oxygen atoms in total. The molecule has 2 heterocycles. The van der Waals surface area contributed by atoms with Gasteiger partial charge in [-0.1, -0.05) is 6.92 Å². The lowest BCUT2D eigenvalue weighted by Crippen LogP contribution is -2.46. The molecule has 0 spiro atoms. The van der Waals surface area contributed by atoms with E-state index in [1.807, 2.05) is 11.8 Å². The molecule has 0 atom stereocenters. The van der Waals surface area contributed by atoms with Crippen LogP contribution in [0, 0.1) is 0 Å². The van der Waals surface area contributed by atoms with Crippen LogP contribution in [-0.4, -0.2) is 53.1 Å². The van der Waals surface area contributed by atoms with E-state index >= 15 is 0 Å². The van der Waals surface area contributed by atoms with Crippen LogP contribution in [-0.2, 0) is 16.6 Å². The van der Waals surface area contributed by atoms with Crippen molar-refractivity contribution in [3.8, 4) is 0 Å². The van der Waals surface area contributed by atoms with Crippen molar-refractivity contribution < 1.29 is 8.42 Å². The maximum absolute atomic E-state index is 12.8. The Kier molecular flexibility index (Phi) is 5.34. The van der Waals surface area contributed by atoms with Crippen LogP contribution >= 0.6 is 11.8 Å². The average molecular weight is 332 g/mol. The summed E-state index contributed by atoms with van der Waals surface area (Å²) in [5, 5.41) is 10.0. The number of aromatic amines is 1. The molecule has 1 aliphatic heterocycles. The maximum Gasteiger partial charge on any atom is 0.260 e. The zero-order valence-electron chi connectivity index (χ0n) is 12.8. The number of nitrogens with zero attached hydrogens (tertiary/aromatic N) is 2. The molecule has 1 aromatic heterocycles. The fourth-order valence-electron chi connectivity index (χ4n) is 2.36. The number of hydrogen-bond donors (Lipinski definition) is 2. The predicted molar refractivity (Wildman–Crippen MR) is 85.9 cm³/mol. The number of sulfonamides is 1. The SMILES string of the molecule is CCCNCc1cn[nH]c1S(=O)(=O)N1CCSC(C)(C)C1. The van der Waals surface area contributed by atoms with Crippen LogP contribution in [0.5, 0.6) is 0 Å². The van der Waals surface area contributed by atoms with Crippen LogP contribution in [0.4, 0.5) is 0 Å². The van der Waals surface area contributed by atoms with E-state index in [4.69, 9.17) is 0 Å². The zero-order valence-corrected chi connectivity index (χ0v) is 14.5. The number of hydrogen-bond acceptors (Lipinski definition) is 5. The van der Waals surface area contributed by atoms with Crippen molar-refractivity contribution in [3.05, 3.63) is 11.8 Å². The largest absolute Gasteiger partial charge is 0.313 e. The van der Waals surface area contributed by atoms with E-state index in [0.29, 0.717) is 25.2 Å². The first kappa shape index (κ1) is 16.8. The molecule has 0 aliphatic carbocycles. The molecular weight excluding hydrogens is 308 g/mol. The van der Waals surface area contributed by atoms with Gasteiger partial charge in [0.1, 0.15) is 0 Å². The molecule has 2 rings (SSSR count). The van der Waals surface area contributed by atoms with Crippen molar-refractivity contribution in [2.24, 2.45) is 0 Å². The first-order valence-corrected chi connectivity index (χ1v) is 9.66. The molecule has 0 radical (unpaired) electrons. The second kappa shape index (κ2) is 6.68. The fraction of sp³-hybridized carbons (Fsp3) is 0.769. The van der Waals surface area contributed by atoms with Gasteiger partial charge in [-0.2, -0.15) is 21.2 Å². The Morgan fingerprint density at radius 1 is 1.52 bits per heavy atom. The van der Waals surface area contributed by atoms with Crippen LogP contribution in [0.1, 0.15) is 32.8 Å². The molecule has 8 heteroatoms. The number of nitrogens with one attached hydrogen (secondary N) is 2. The molecule has 0 saturated carbocycles. The Bertz CT molecular complexity index is 568. The lowest BCUT2D eigenvalue weighted by molar-refractivity contribution is 0.385. The van der Waals surface area contributed by atoms with Crippen molar-refractivity contribution in [2.75, 3.05) is 25.4 Å². The molecule has 0 unspecified atom stereocenters. The van der Waals surface area contributed by atoms with Crippen LogP contribution in [0.15, 0.2) is 11.2 Å². The van der Waals surface area contributed by atoms with Gasteiger partial charge < -0.3 is 5.32 Å². The van der Waals surface area contributed by atoms with Crippen molar-refractivity contribution in [1.82, 2.24) is 19.8 Å². The average Bonchev–Trinajstić information content (AvgIpc) is 2.87. The van der Waals surface area contributed by atoms with Crippen molar-refractivity contribution >= 4 is 21.8 Å². The summed E-state index contributed by atoms with van der Waals surface area (Å²) in [6.07, 6.45) is 2.61. The van der Waals surface area contributed by atoms with Crippen LogP contribution in [0.3, 0.4) is 0 Å². The van der Waals surface area contributed by atoms with Gasteiger partial charge in [-0.3, -0.25) is 5.10 Å². The summed E-state index contributed by atoms with van der Waals surface area (Å²) in [4.78, 5) is 0. The zero-order chi connectivity index (χ0) is 15.5. The lowest BCUT2D eigenvalue weighted by atomic mass is 10.2. The summed E-state index contributed by atoms with van der Waals surface area (Å²) in [7, 11) is -3.50. The fourth-order valence-corrected chi connectivity index (χ4v) is 5.37. The van der Waals surface area contributed by atoms with Crippen LogP contribution in [0.25, 0.3) is 0 Å². The van der Waals surface area contributed by atoms with Gasteiger partial charge in [0.2, 0.25) is 0 Å². The predicted octanol–water partition coefficient (Wildman–Crippen LogP) is 1.43. The minimum Gasteiger partial charge on any atom is -0.313 e. The molecule has 2 N–H and O–H groups in total. The van der Waals surface area contributed by atoms with E-state index in [1.165, 1.54) is 0 Å². The van der Waals surface area contributed by atoms with E-state index in [2.05, 4.69) is 36.3 Å². The van der Waals surface area contributed by atoms with Gasteiger partial charge in [0.15, 0.2) is 5.03 Å². The molecule has 1 saturated heterocycles. The molecule has 120 valence electrons. The number of rotatable bonds is 6. The smallest absolute Gasteiger partial charge is 0.260 e. The summed E-state index contributed by atoms with van der Waals surface area (Å²) in [5.41, 5.74) is 0.708. The monoisotopic (exact) mass is 332 g/mol. The van der Waals surface area contributed by atoms with Gasteiger partial charge >= 0.3 is 0 Å². The van der Waals surface area contributed by atoms with E-state index < -0.39 is 10.0 Å². The normalized spacial score (nSPS) is 19.8. The Balaban J connectivity index is 2.18. The van der Waals surface area contributed by atoms with Gasteiger partial charge in [0, 0.05) is 35.7 Å². The second-order valence-corrected chi connectivity index (χ2v) is 9.52. The Morgan fingerprint density at radius 2 is 2.29 bits per heavy atom. The number of thioether (sulfide) groups is 1. The van der Waals surface area contributed by atoms with E-state index in [-0.39, 0.29) is 9.77 Å². The molecule has 1 aliphatic rings. The minimum atomic E-state index is -3.50. The molecule has 0 aromatic carbocycles. The van der Waals surface area contributed by atoms with Crippen molar-refractivity contribution in [3.63, 3.8) is 0 Å². The summed E-state index contributed by atoms with van der Waals surface area (Å²) in [6.45, 7) is 8.70.